The fourth-order valence-corrected chi connectivity index (χ4v) is 3.96. The number of hydrogen-bond acceptors (Lipinski definition) is 4. The number of ether oxygens (including phenoxy) is 1. The summed E-state index contributed by atoms with van der Waals surface area (Å²) >= 11 is 6.25. The number of benzene rings is 3. The van der Waals surface area contributed by atoms with E-state index < -0.39 is 12.6 Å². The van der Waals surface area contributed by atoms with E-state index in [1.807, 2.05) is 89.6 Å². The zero-order valence-corrected chi connectivity index (χ0v) is 18.6. The van der Waals surface area contributed by atoms with Crippen LogP contribution in [0.15, 0.2) is 102 Å². The maximum atomic E-state index is 10.9. The molecule has 1 N–H and O–H groups in total. The van der Waals surface area contributed by atoms with Crippen LogP contribution in [0.1, 0.15) is 0 Å². The van der Waals surface area contributed by atoms with Crippen LogP contribution >= 0.6 is 11.6 Å². The van der Waals surface area contributed by atoms with Gasteiger partial charge >= 0.3 is 5.97 Å². The van der Waals surface area contributed by atoms with Crippen molar-refractivity contribution in [2.45, 2.75) is 0 Å². The molecule has 5 rings (SSSR count). The first-order chi connectivity index (χ1) is 16.6. The Labute approximate surface area is 200 Å². The Kier molecular flexibility index (Phi) is 5.89. The fraction of sp³-hybridized carbons (Fsp3) is 0.0370. The van der Waals surface area contributed by atoms with E-state index in [4.69, 9.17) is 31.0 Å². The van der Waals surface area contributed by atoms with Crippen molar-refractivity contribution in [3.63, 3.8) is 0 Å². The van der Waals surface area contributed by atoms with Gasteiger partial charge in [-0.2, -0.15) is 5.10 Å². The van der Waals surface area contributed by atoms with Crippen LogP contribution in [-0.4, -0.2) is 27.5 Å². The summed E-state index contributed by atoms with van der Waals surface area (Å²) in [4.78, 5) is 10.9. The average molecular weight is 471 g/mol. The minimum Gasteiger partial charge on any atom is -0.482 e. The summed E-state index contributed by atoms with van der Waals surface area (Å²) in [5, 5.41) is 14.4. The molecule has 0 unspecified atom stereocenters. The Morgan fingerprint density at radius 1 is 0.941 bits per heavy atom. The molecule has 34 heavy (non-hydrogen) atoms. The second-order valence-corrected chi connectivity index (χ2v) is 7.98. The van der Waals surface area contributed by atoms with Crippen LogP contribution in [0, 0.1) is 0 Å². The van der Waals surface area contributed by atoms with Crippen molar-refractivity contribution in [2.24, 2.45) is 0 Å². The lowest BCUT2D eigenvalue weighted by molar-refractivity contribution is -0.139. The molecular weight excluding hydrogens is 452 g/mol. The number of carboxylic acids is 1. The van der Waals surface area contributed by atoms with E-state index in [9.17, 15) is 4.79 Å². The molecule has 0 bridgehead atoms. The first-order valence-electron chi connectivity index (χ1n) is 10.5. The number of carboxylic acid groups (broad SMARTS) is 1. The molecule has 0 saturated heterocycles. The summed E-state index contributed by atoms with van der Waals surface area (Å²) in [6.07, 6.45) is 1.63. The Morgan fingerprint density at radius 3 is 2.53 bits per heavy atom. The quantitative estimate of drug-likeness (QED) is 0.290. The van der Waals surface area contributed by atoms with E-state index in [2.05, 4.69) is 0 Å². The van der Waals surface area contributed by atoms with Crippen molar-refractivity contribution in [1.82, 2.24) is 9.78 Å². The topological polar surface area (TPSA) is 77.5 Å². The molecule has 168 valence electrons. The molecule has 0 aliphatic carbocycles. The van der Waals surface area contributed by atoms with E-state index in [-0.39, 0.29) is 0 Å². The van der Waals surface area contributed by atoms with E-state index in [1.54, 1.807) is 12.3 Å². The van der Waals surface area contributed by atoms with Crippen LogP contribution in [0.3, 0.4) is 0 Å². The van der Waals surface area contributed by atoms with Crippen molar-refractivity contribution in [1.29, 1.82) is 0 Å². The summed E-state index contributed by atoms with van der Waals surface area (Å²) in [6.45, 7) is -0.401. The standard InChI is InChI=1S/C27H19ClN2O4/c28-19-7-4-8-20(15-19)30-25(26-12-5-13-33-26)16-24(29-30)23-11-2-1-10-22(23)18-6-3-9-21(14-18)34-17-27(31)32/h1-16H,17H2,(H,31,32). The zero-order valence-electron chi connectivity index (χ0n) is 17.9. The van der Waals surface area contributed by atoms with Crippen LogP contribution < -0.4 is 4.74 Å². The third kappa shape index (κ3) is 4.44. The van der Waals surface area contributed by atoms with Gasteiger partial charge < -0.3 is 14.3 Å². The van der Waals surface area contributed by atoms with Crippen molar-refractivity contribution in [3.8, 4) is 45.3 Å². The van der Waals surface area contributed by atoms with Crippen LogP contribution in [-0.2, 0) is 4.79 Å². The molecule has 0 radical (unpaired) electrons. The largest absolute Gasteiger partial charge is 0.482 e. The van der Waals surface area contributed by atoms with Gasteiger partial charge in [-0.1, -0.05) is 54.1 Å². The molecule has 3 aromatic carbocycles. The normalized spacial score (nSPS) is 10.9. The van der Waals surface area contributed by atoms with Gasteiger partial charge in [0.2, 0.25) is 0 Å². The van der Waals surface area contributed by atoms with E-state index in [0.717, 1.165) is 33.8 Å². The smallest absolute Gasteiger partial charge is 0.341 e. The molecule has 0 fully saturated rings. The first-order valence-corrected chi connectivity index (χ1v) is 10.9. The molecule has 7 heteroatoms. The van der Waals surface area contributed by atoms with E-state index in [0.29, 0.717) is 16.5 Å². The van der Waals surface area contributed by atoms with Crippen molar-refractivity contribution in [2.75, 3.05) is 6.61 Å². The second kappa shape index (κ2) is 9.29. The van der Waals surface area contributed by atoms with Gasteiger partial charge in [-0.3, -0.25) is 0 Å². The molecule has 2 aromatic heterocycles. The number of hydrogen-bond donors (Lipinski definition) is 1. The van der Waals surface area contributed by atoms with E-state index >= 15 is 0 Å². The summed E-state index contributed by atoms with van der Waals surface area (Å²) in [6, 6.07) is 28.4. The molecule has 0 aliphatic rings. The van der Waals surface area contributed by atoms with Gasteiger partial charge in [-0.15, -0.1) is 0 Å². The minimum atomic E-state index is -1.03. The lowest BCUT2D eigenvalue weighted by atomic mass is 9.97. The van der Waals surface area contributed by atoms with Gasteiger partial charge in [0.1, 0.15) is 11.4 Å². The van der Waals surface area contributed by atoms with Crippen molar-refractivity contribution in [3.05, 3.63) is 102 Å². The number of furan rings is 1. The van der Waals surface area contributed by atoms with Gasteiger partial charge in [0.15, 0.2) is 12.4 Å². The minimum absolute atomic E-state index is 0.401. The van der Waals surface area contributed by atoms with Crippen molar-refractivity contribution >= 4 is 17.6 Å². The Bertz CT molecular complexity index is 1460. The van der Waals surface area contributed by atoms with Gasteiger partial charge in [0.05, 0.1) is 17.6 Å². The maximum absolute atomic E-state index is 10.9. The average Bonchev–Trinajstić information content (AvgIpc) is 3.53. The van der Waals surface area contributed by atoms with E-state index in [1.165, 1.54) is 0 Å². The summed E-state index contributed by atoms with van der Waals surface area (Å²) < 4.78 is 12.9. The highest BCUT2D eigenvalue weighted by atomic mass is 35.5. The number of nitrogens with zero attached hydrogens (tertiary/aromatic N) is 2. The number of halogens is 1. The summed E-state index contributed by atoms with van der Waals surface area (Å²) in [5.74, 6) is 0.138. The lowest BCUT2D eigenvalue weighted by Gasteiger charge is -2.10. The third-order valence-corrected chi connectivity index (χ3v) is 5.48. The SMILES string of the molecule is O=C(O)COc1cccc(-c2ccccc2-c2cc(-c3ccco3)n(-c3cccc(Cl)c3)n2)c1. The Hall–Kier alpha value is -4.29. The molecule has 2 heterocycles. The summed E-state index contributed by atoms with van der Waals surface area (Å²) in [7, 11) is 0. The highest BCUT2D eigenvalue weighted by molar-refractivity contribution is 6.30. The molecule has 0 atom stereocenters. The monoisotopic (exact) mass is 470 g/mol. The number of carbonyl (C=O) groups is 1. The van der Waals surface area contributed by atoms with Gasteiger partial charge in [0, 0.05) is 10.6 Å². The highest BCUT2D eigenvalue weighted by Crippen LogP contribution is 2.36. The zero-order chi connectivity index (χ0) is 23.5. The molecule has 0 aliphatic heterocycles. The molecule has 5 aromatic rings. The lowest BCUT2D eigenvalue weighted by Crippen LogP contribution is -2.09. The predicted octanol–water partition coefficient (Wildman–Crippen LogP) is 6.58. The van der Waals surface area contributed by atoms with Crippen molar-refractivity contribution < 1.29 is 19.1 Å². The predicted molar refractivity (Wildman–Crippen MR) is 130 cm³/mol. The van der Waals surface area contributed by atoms with Gasteiger partial charge in [0.25, 0.3) is 0 Å². The maximum Gasteiger partial charge on any atom is 0.341 e. The highest BCUT2D eigenvalue weighted by Gasteiger charge is 2.18. The number of aliphatic carboxylic acids is 1. The van der Waals surface area contributed by atoms with Gasteiger partial charge in [-0.05, 0) is 59.7 Å². The second-order valence-electron chi connectivity index (χ2n) is 7.54. The fourth-order valence-electron chi connectivity index (χ4n) is 3.77. The molecule has 0 spiro atoms. The van der Waals surface area contributed by atoms with Crippen LogP contribution in [0.2, 0.25) is 5.02 Å². The first kappa shape index (κ1) is 21.6. The number of rotatable bonds is 7. The van der Waals surface area contributed by atoms with Crippen LogP contribution in [0.25, 0.3) is 39.5 Å². The van der Waals surface area contributed by atoms with Gasteiger partial charge in [-0.25, -0.2) is 9.48 Å². The van der Waals surface area contributed by atoms with Crippen LogP contribution in [0.5, 0.6) is 5.75 Å². The third-order valence-electron chi connectivity index (χ3n) is 5.25. The number of aromatic nitrogens is 2. The molecule has 0 amide bonds. The van der Waals surface area contributed by atoms with Crippen LogP contribution in [0.4, 0.5) is 0 Å². The Balaban J connectivity index is 1.62. The molecule has 6 nitrogen and oxygen atoms in total. The summed E-state index contributed by atoms with van der Waals surface area (Å²) in [5.41, 5.74) is 5.08. The Morgan fingerprint density at radius 2 is 1.76 bits per heavy atom. The molecule has 0 saturated carbocycles. The molecular formula is C27H19ClN2O4.